The van der Waals surface area contributed by atoms with E-state index in [4.69, 9.17) is 0 Å². The SMILES string of the molecule is CCNC(=NCc1ccc(S(C)(=O)=O)c(C)c1)NCC1(O)CCC1. The van der Waals surface area contributed by atoms with Crippen molar-refractivity contribution in [3.63, 3.8) is 0 Å². The summed E-state index contributed by atoms with van der Waals surface area (Å²) in [6.45, 7) is 5.44. The number of hydrogen-bond donors (Lipinski definition) is 3. The number of aliphatic imine (C=N–C) groups is 1. The quantitative estimate of drug-likeness (QED) is 0.531. The highest BCUT2D eigenvalue weighted by Gasteiger charge is 2.34. The fraction of sp³-hybridized carbons (Fsp3) is 0.588. The second-order valence-electron chi connectivity index (χ2n) is 6.50. The highest BCUT2D eigenvalue weighted by Crippen LogP contribution is 2.30. The minimum Gasteiger partial charge on any atom is -0.388 e. The number of aryl methyl sites for hydroxylation is 1. The highest BCUT2D eigenvalue weighted by atomic mass is 32.2. The van der Waals surface area contributed by atoms with Gasteiger partial charge in [-0.15, -0.1) is 0 Å². The van der Waals surface area contributed by atoms with Crippen LogP contribution in [0.5, 0.6) is 0 Å². The lowest BCUT2D eigenvalue weighted by Crippen LogP contribution is -2.50. The third kappa shape index (κ3) is 4.95. The Labute approximate surface area is 144 Å². The Morgan fingerprint density at radius 1 is 1.33 bits per heavy atom. The number of rotatable bonds is 6. The topological polar surface area (TPSA) is 90.8 Å². The van der Waals surface area contributed by atoms with Crippen molar-refractivity contribution in [2.45, 2.75) is 50.2 Å². The van der Waals surface area contributed by atoms with E-state index in [1.54, 1.807) is 19.1 Å². The third-order valence-corrected chi connectivity index (χ3v) is 5.53. The zero-order valence-electron chi connectivity index (χ0n) is 14.6. The van der Waals surface area contributed by atoms with Crippen LogP contribution in [0.1, 0.15) is 37.3 Å². The number of nitrogens with zero attached hydrogens (tertiary/aromatic N) is 1. The molecule has 0 saturated heterocycles. The Hall–Kier alpha value is -1.60. The van der Waals surface area contributed by atoms with Crippen LogP contribution in [0.15, 0.2) is 28.1 Å². The maximum Gasteiger partial charge on any atom is 0.191 e. The Morgan fingerprint density at radius 2 is 2.04 bits per heavy atom. The van der Waals surface area contributed by atoms with E-state index in [0.717, 1.165) is 36.9 Å². The summed E-state index contributed by atoms with van der Waals surface area (Å²) in [5.74, 6) is 0.655. The van der Waals surface area contributed by atoms with Gasteiger partial charge in [-0.05, 0) is 50.3 Å². The van der Waals surface area contributed by atoms with Crippen LogP contribution in [-0.4, -0.2) is 44.4 Å². The number of nitrogens with one attached hydrogen (secondary N) is 2. The van der Waals surface area contributed by atoms with Crippen molar-refractivity contribution in [1.82, 2.24) is 10.6 Å². The summed E-state index contributed by atoms with van der Waals surface area (Å²) in [6, 6.07) is 5.27. The molecule has 2 rings (SSSR count). The fourth-order valence-electron chi connectivity index (χ4n) is 2.75. The van der Waals surface area contributed by atoms with E-state index in [1.807, 2.05) is 13.0 Å². The van der Waals surface area contributed by atoms with Crippen LogP contribution in [0.2, 0.25) is 0 Å². The van der Waals surface area contributed by atoms with Gasteiger partial charge in [0.1, 0.15) is 0 Å². The number of sulfone groups is 1. The molecule has 1 aliphatic rings. The summed E-state index contributed by atoms with van der Waals surface area (Å²) < 4.78 is 23.3. The summed E-state index contributed by atoms with van der Waals surface area (Å²) in [5.41, 5.74) is 1.07. The summed E-state index contributed by atoms with van der Waals surface area (Å²) >= 11 is 0. The molecular formula is C17H27N3O3S. The maximum absolute atomic E-state index is 11.7. The van der Waals surface area contributed by atoms with E-state index in [9.17, 15) is 13.5 Å². The third-order valence-electron chi connectivity index (χ3n) is 4.27. The molecule has 0 heterocycles. The molecule has 0 unspecified atom stereocenters. The van der Waals surface area contributed by atoms with Crippen molar-refractivity contribution in [2.24, 2.45) is 4.99 Å². The lowest BCUT2D eigenvalue weighted by atomic mass is 9.80. The van der Waals surface area contributed by atoms with Gasteiger partial charge in [0.2, 0.25) is 0 Å². The first-order chi connectivity index (χ1) is 11.2. The van der Waals surface area contributed by atoms with Gasteiger partial charge in [0.05, 0.1) is 17.0 Å². The summed E-state index contributed by atoms with van der Waals surface area (Å²) in [5, 5.41) is 16.5. The van der Waals surface area contributed by atoms with Gasteiger partial charge in [-0.2, -0.15) is 0 Å². The molecule has 1 saturated carbocycles. The van der Waals surface area contributed by atoms with E-state index < -0.39 is 15.4 Å². The molecule has 6 nitrogen and oxygen atoms in total. The fourth-order valence-corrected chi connectivity index (χ4v) is 3.71. The van der Waals surface area contributed by atoms with Gasteiger partial charge in [-0.1, -0.05) is 12.1 Å². The number of guanidine groups is 1. The summed E-state index contributed by atoms with van der Waals surface area (Å²) in [6.07, 6.45) is 3.93. The predicted molar refractivity (Wildman–Crippen MR) is 95.9 cm³/mol. The summed E-state index contributed by atoms with van der Waals surface area (Å²) in [4.78, 5) is 4.87. The van der Waals surface area contributed by atoms with Crippen LogP contribution in [0.25, 0.3) is 0 Å². The average molecular weight is 353 g/mol. The van der Waals surface area contributed by atoms with Crippen molar-refractivity contribution < 1.29 is 13.5 Å². The number of benzene rings is 1. The molecule has 0 amide bonds. The van der Waals surface area contributed by atoms with Crippen molar-refractivity contribution in [3.8, 4) is 0 Å². The summed E-state index contributed by atoms with van der Waals surface area (Å²) in [7, 11) is -3.20. The second-order valence-corrected chi connectivity index (χ2v) is 8.48. The van der Waals surface area contributed by atoms with Gasteiger partial charge < -0.3 is 15.7 Å². The van der Waals surface area contributed by atoms with E-state index in [0.29, 0.717) is 23.9 Å². The molecule has 3 N–H and O–H groups in total. The van der Waals surface area contributed by atoms with Gasteiger partial charge in [0.15, 0.2) is 15.8 Å². The molecule has 0 bridgehead atoms. The van der Waals surface area contributed by atoms with Gasteiger partial charge >= 0.3 is 0 Å². The van der Waals surface area contributed by atoms with Gasteiger partial charge in [0.25, 0.3) is 0 Å². The molecule has 1 aliphatic carbocycles. The van der Waals surface area contributed by atoms with Crippen molar-refractivity contribution in [1.29, 1.82) is 0 Å². The lowest BCUT2D eigenvalue weighted by molar-refractivity contribution is -0.0279. The average Bonchev–Trinajstić information content (AvgIpc) is 2.47. The van der Waals surface area contributed by atoms with E-state index in [-0.39, 0.29) is 0 Å². The molecule has 0 spiro atoms. The maximum atomic E-state index is 11.7. The standard InChI is InChI=1S/C17H27N3O3S/c1-4-18-16(20-12-17(21)8-5-9-17)19-11-14-6-7-15(13(2)10-14)24(3,22)23/h6-7,10,21H,4-5,8-9,11-12H2,1-3H3,(H2,18,19,20). The van der Waals surface area contributed by atoms with Crippen LogP contribution in [-0.2, 0) is 16.4 Å². The van der Waals surface area contributed by atoms with E-state index in [1.165, 1.54) is 6.26 Å². The molecule has 7 heteroatoms. The highest BCUT2D eigenvalue weighted by molar-refractivity contribution is 7.90. The Morgan fingerprint density at radius 3 is 2.54 bits per heavy atom. The smallest absolute Gasteiger partial charge is 0.191 e. The van der Waals surface area contributed by atoms with Crippen LogP contribution in [0.3, 0.4) is 0 Å². The second kappa shape index (κ2) is 7.53. The molecule has 1 aromatic rings. The lowest BCUT2D eigenvalue weighted by Gasteiger charge is -2.37. The van der Waals surface area contributed by atoms with Crippen LogP contribution < -0.4 is 10.6 Å². The zero-order chi connectivity index (χ0) is 17.8. The van der Waals surface area contributed by atoms with Crippen molar-refractivity contribution in [2.75, 3.05) is 19.3 Å². The monoisotopic (exact) mass is 353 g/mol. The Balaban J connectivity index is 2.03. The Bertz CT molecular complexity index is 710. The van der Waals surface area contributed by atoms with E-state index in [2.05, 4.69) is 15.6 Å². The van der Waals surface area contributed by atoms with Crippen LogP contribution in [0.4, 0.5) is 0 Å². The molecule has 0 aromatic heterocycles. The molecule has 1 fully saturated rings. The van der Waals surface area contributed by atoms with Gasteiger partial charge in [0, 0.05) is 19.3 Å². The normalized spacial score (nSPS) is 17.2. The van der Waals surface area contributed by atoms with Crippen molar-refractivity contribution >= 4 is 15.8 Å². The largest absolute Gasteiger partial charge is 0.388 e. The first-order valence-electron chi connectivity index (χ1n) is 8.28. The molecule has 0 radical (unpaired) electrons. The van der Waals surface area contributed by atoms with Gasteiger partial charge in [-0.25, -0.2) is 13.4 Å². The van der Waals surface area contributed by atoms with E-state index >= 15 is 0 Å². The molecular weight excluding hydrogens is 326 g/mol. The van der Waals surface area contributed by atoms with Crippen LogP contribution >= 0.6 is 0 Å². The number of hydrogen-bond acceptors (Lipinski definition) is 4. The molecule has 24 heavy (non-hydrogen) atoms. The van der Waals surface area contributed by atoms with Crippen LogP contribution in [0, 0.1) is 6.92 Å². The molecule has 0 aliphatic heterocycles. The van der Waals surface area contributed by atoms with Gasteiger partial charge in [-0.3, -0.25) is 0 Å². The first kappa shape index (κ1) is 18.7. The molecule has 0 atom stereocenters. The minimum atomic E-state index is -3.20. The van der Waals surface area contributed by atoms with Crippen molar-refractivity contribution in [3.05, 3.63) is 29.3 Å². The zero-order valence-corrected chi connectivity index (χ0v) is 15.4. The Kier molecular flexibility index (Phi) is 5.87. The minimum absolute atomic E-state index is 0.354. The predicted octanol–water partition coefficient (Wildman–Crippen LogP) is 1.37. The number of aliphatic hydroxyl groups is 1. The molecule has 1 aromatic carbocycles. The molecule has 134 valence electrons. The first-order valence-corrected chi connectivity index (χ1v) is 10.2.